The minimum Gasteiger partial charge on any atom is -0.385 e. The third kappa shape index (κ3) is 6.58. The van der Waals surface area contributed by atoms with Gasteiger partial charge in [0.25, 0.3) is 0 Å². The molecule has 1 aromatic heterocycles. The molecule has 0 aliphatic carbocycles. The number of ether oxygens (including phenoxy) is 3. The minimum atomic E-state index is 0.466. The predicted molar refractivity (Wildman–Crippen MR) is 66.2 cm³/mol. The van der Waals surface area contributed by atoms with E-state index in [0.29, 0.717) is 31.6 Å². The van der Waals surface area contributed by atoms with Crippen LogP contribution in [0, 0.1) is 0 Å². The monoisotopic (exact) mass is 259 g/mol. The van der Waals surface area contributed by atoms with Gasteiger partial charge >= 0.3 is 0 Å². The number of halogens is 1. The smallest absolute Gasteiger partial charge is 0.134 e. The van der Waals surface area contributed by atoms with Crippen LogP contribution in [0.1, 0.15) is 12.0 Å². The summed E-state index contributed by atoms with van der Waals surface area (Å²) in [6.45, 7) is 3.03. The first-order valence-corrected chi connectivity index (χ1v) is 5.96. The maximum absolute atomic E-state index is 5.89. The molecule has 5 heteroatoms. The normalized spacial score (nSPS) is 10.7. The van der Waals surface area contributed by atoms with Crippen molar-refractivity contribution >= 4 is 11.6 Å². The number of methoxy groups -OCH3 is 1. The average molecular weight is 260 g/mol. The van der Waals surface area contributed by atoms with E-state index in [1.807, 2.05) is 12.1 Å². The Kier molecular flexibility index (Phi) is 7.92. The van der Waals surface area contributed by atoms with E-state index in [1.54, 1.807) is 13.3 Å². The lowest BCUT2D eigenvalue weighted by Gasteiger charge is -2.06. The lowest BCUT2D eigenvalue weighted by atomic mass is 10.3. The van der Waals surface area contributed by atoms with E-state index in [-0.39, 0.29) is 0 Å². The molecule has 0 aromatic carbocycles. The van der Waals surface area contributed by atoms with Gasteiger partial charge in [0.2, 0.25) is 0 Å². The Morgan fingerprint density at radius 2 is 2.00 bits per heavy atom. The molecule has 96 valence electrons. The number of hydrogen-bond acceptors (Lipinski definition) is 4. The van der Waals surface area contributed by atoms with E-state index in [0.717, 1.165) is 18.6 Å². The van der Waals surface area contributed by atoms with Gasteiger partial charge in [-0.2, -0.15) is 0 Å². The molecule has 0 bridgehead atoms. The summed E-state index contributed by atoms with van der Waals surface area (Å²) in [5, 5.41) is 0.494. The molecular formula is C12H18ClNO3. The zero-order chi connectivity index (χ0) is 12.3. The van der Waals surface area contributed by atoms with Gasteiger partial charge in [-0.3, -0.25) is 0 Å². The van der Waals surface area contributed by atoms with Crippen molar-refractivity contribution in [1.82, 2.24) is 4.98 Å². The summed E-state index contributed by atoms with van der Waals surface area (Å²) in [4.78, 5) is 3.97. The van der Waals surface area contributed by atoms with Crippen molar-refractivity contribution in [3.63, 3.8) is 0 Å². The van der Waals surface area contributed by atoms with Gasteiger partial charge in [0.05, 0.1) is 19.8 Å². The molecule has 1 aromatic rings. The van der Waals surface area contributed by atoms with Crippen LogP contribution in [0.15, 0.2) is 18.3 Å². The molecule has 17 heavy (non-hydrogen) atoms. The molecule has 1 rings (SSSR count). The highest BCUT2D eigenvalue weighted by Crippen LogP contribution is 2.12. The fourth-order valence-electron chi connectivity index (χ4n) is 1.23. The Bertz CT molecular complexity index is 310. The number of pyridine rings is 1. The molecule has 0 aliphatic rings. The maximum Gasteiger partial charge on any atom is 0.134 e. The summed E-state index contributed by atoms with van der Waals surface area (Å²) in [5.74, 6) is 0. The largest absolute Gasteiger partial charge is 0.385 e. The molecule has 0 fully saturated rings. The van der Waals surface area contributed by atoms with Gasteiger partial charge in [0, 0.05) is 32.1 Å². The zero-order valence-corrected chi connectivity index (χ0v) is 10.8. The van der Waals surface area contributed by atoms with E-state index < -0.39 is 0 Å². The van der Waals surface area contributed by atoms with Crippen molar-refractivity contribution in [2.75, 3.05) is 33.5 Å². The lowest BCUT2D eigenvalue weighted by Crippen LogP contribution is -2.07. The van der Waals surface area contributed by atoms with Gasteiger partial charge in [0.1, 0.15) is 5.15 Å². The standard InChI is InChI=1S/C12H18ClNO3/c1-15-6-3-7-16-8-9-17-10-11-4-2-5-14-12(11)13/h2,4-5H,3,6-10H2,1H3. The van der Waals surface area contributed by atoms with Crippen molar-refractivity contribution in [3.05, 3.63) is 29.0 Å². The molecule has 0 spiro atoms. The molecule has 0 unspecified atom stereocenters. The van der Waals surface area contributed by atoms with E-state index in [2.05, 4.69) is 4.98 Å². The van der Waals surface area contributed by atoms with Crippen molar-refractivity contribution in [2.24, 2.45) is 0 Å². The van der Waals surface area contributed by atoms with Crippen LogP contribution in [0.3, 0.4) is 0 Å². The Labute approximate surface area is 107 Å². The van der Waals surface area contributed by atoms with Gasteiger partial charge in [-0.15, -0.1) is 0 Å². The van der Waals surface area contributed by atoms with Crippen LogP contribution >= 0.6 is 11.6 Å². The zero-order valence-electron chi connectivity index (χ0n) is 10.0. The van der Waals surface area contributed by atoms with Crippen LogP contribution in [0.5, 0.6) is 0 Å². The van der Waals surface area contributed by atoms with Gasteiger partial charge in [-0.05, 0) is 12.5 Å². The van der Waals surface area contributed by atoms with Crippen molar-refractivity contribution in [1.29, 1.82) is 0 Å². The van der Waals surface area contributed by atoms with Crippen LogP contribution in [0.4, 0.5) is 0 Å². The van der Waals surface area contributed by atoms with Crippen molar-refractivity contribution in [3.8, 4) is 0 Å². The average Bonchev–Trinajstić information content (AvgIpc) is 2.35. The van der Waals surface area contributed by atoms with E-state index >= 15 is 0 Å². The van der Waals surface area contributed by atoms with Gasteiger partial charge < -0.3 is 14.2 Å². The van der Waals surface area contributed by atoms with E-state index in [1.165, 1.54) is 0 Å². The topological polar surface area (TPSA) is 40.6 Å². The first-order valence-electron chi connectivity index (χ1n) is 5.58. The molecule has 0 saturated carbocycles. The Hall–Kier alpha value is -0.680. The molecule has 0 aliphatic heterocycles. The number of rotatable bonds is 9. The molecule has 0 saturated heterocycles. The number of nitrogens with zero attached hydrogens (tertiary/aromatic N) is 1. The summed E-state index contributed by atoms with van der Waals surface area (Å²) in [6, 6.07) is 3.74. The van der Waals surface area contributed by atoms with Gasteiger partial charge in [-0.25, -0.2) is 4.98 Å². The second kappa shape index (κ2) is 9.36. The fourth-order valence-corrected chi connectivity index (χ4v) is 1.41. The summed E-state index contributed by atoms with van der Waals surface area (Å²) in [7, 11) is 1.68. The van der Waals surface area contributed by atoms with Crippen molar-refractivity contribution < 1.29 is 14.2 Å². The highest BCUT2D eigenvalue weighted by Gasteiger charge is 1.99. The third-order valence-corrected chi connectivity index (χ3v) is 2.44. The van der Waals surface area contributed by atoms with E-state index in [4.69, 9.17) is 25.8 Å². The third-order valence-electron chi connectivity index (χ3n) is 2.10. The minimum absolute atomic E-state index is 0.466. The molecule has 0 radical (unpaired) electrons. The molecule has 1 heterocycles. The Balaban J connectivity index is 1.99. The molecule has 0 amide bonds. The van der Waals surface area contributed by atoms with Crippen LogP contribution in [0.25, 0.3) is 0 Å². The first-order chi connectivity index (χ1) is 8.34. The van der Waals surface area contributed by atoms with E-state index in [9.17, 15) is 0 Å². The number of hydrogen-bond donors (Lipinski definition) is 0. The number of aromatic nitrogens is 1. The molecular weight excluding hydrogens is 242 g/mol. The van der Waals surface area contributed by atoms with Crippen LogP contribution in [-0.2, 0) is 20.8 Å². The molecule has 4 nitrogen and oxygen atoms in total. The second-order valence-corrected chi connectivity index (χ2v) is 3.82. The highest BCUT2D eigenvalue weighted by molar-refractivity contribution is 6.30. The van der Waals surface area contributed by atoms with Gasteiger partial charge in [-0.1, -0.05) is 17.7 Å². The lowest BCUT2D eigenvalue weighted by molar-refractivity contribution is 0.0336. The second-order valence-electron chi connectivity index (χ2n) is 3.46. The summed E-state index contributed by atoms with van der Waals surface area (Å²) in [6.07, 6.45) is 2.57. The van der Waals surface area contributed by atoms with Crippen LogP contribution in [0.2, 0.25) is 5.15 Å². The maximum atomic E-state index is 5.89. The fraction of sp³-hybridized carbons (Fsp3) is 0.583. The molecule has 0 atom stereocenters. The SMILES string of the molecule is COCCCOCCOCc1cccnc1Cl. The highest BCUT2D eigenvalue weighted by atomic mass is 35.5. The van der Waals surface area contributed by atoms with Crippen molar-refractivity contribution in [2.45, 2.75) is 13.0 Å². The first kappa shape index (κ1) is 14.4. The van der Waals surface area contributed by atoms with Gasteiger partial charge in [0.15, 0.2) is 0 Å². The quantitative estimate of drug-likeness (QED) is 0.504. The Morgan fingerprint density at radius 1 is 1.18 bits per heavy atom. The van der Waals surface area contributed by atoms with Crippen LogP contribution in [-0.4, -0.2) is 38.5 Å². The summed E-state index contributed by atoms with van der Waals surface area (Å²) >= 11 is 5.89. The summed E-state index contributed by atoms with van der Waals surface area (Å²) < 4.78 is 15.7. The molecule has 0 N–H and O–H groups in total. The Morgan fingerprint density at radius 3 is 2.76 bits per heavy atom. The summed E-state index contributed by atoms with van der Waals surface area (Å²) in [5.41, 5.74) is 0.897. The van der Waals surface area contributed by atoms with Crippen LogP contribution < -0.4 is 0 Å². The predicted octanol–water partition coefficient (Wildman–Crippen LogP) is 2.30.